The summed E-state index contributed by atoms with van der Waals surface area (Å²) in [5.74, 6) is 0.918. The molecule has 2 rings (SSSR count). The zero-order valence-corrected chi connectivity index (χ0v) is 11.3. The summed E-state index contributed by atoms with van der Waals surface area (Å²) in [5.41, 5.74) is 0.334. The molecule has 1 saturated carbocycles. The molecule has 2 aliphatic rings. The van der Waals surface area contributed by atoms with E-state index in [0.29, 0.717) is 11.6 Å². The molecule has 1 aliphatic carbocycles. The predicted octanol–water partition coefficient (Wildman–Crippen LogP) is 2.64. The van der Waals surface area contributed by atoms with Gasteiger partial charge < -0.3 is 5.32 Å². The number of likely N-dealkylation sites (tertiary alicyclic amines) is 1. The van der Waals surface area contributed by atoms with E-state index in [1.54, 1.807) is 0 Å². The first-order chi connectivity index (χ1) is 7.66. The fourth-order valence-corrected chi connectivity index (χ4v) is 3.61. The van der Waals surface area contributed by atoms with E-state index in [1.807, 2.05) is 0 Å². The van der Waals surface area contributed by atoms with Crippen molar-refractivity contribution in [2.75, 3.05) is 20.1 Å². The number of nitrogens with zero attached hydrogens (tertiary/aromatic N) is 1. The van der Waals surface area contributed by atoms with Crippen LogP contribution in [0.5, 0.6) is 0 Å². The van der Waals surface area contributed by atoms with Crippen LogP contribution in [0.3, 0.4) is 0 Å². The van der Waals surface area contributed by atoms with Crippen molar-refractivity contribution in [2.45, 2.75) is 64.0 Å². The maximum absolute atomic E-state index is 3.60. The fraction of sp³-hybridized carbons (Fsp3) is 1.00. The largest absolute Gasteiger partial charge is 0.315 e. The maximum atomic E-state index is 3.60. The zero-order chi connectivity index (χ0) is 11.6. The third-order valence-electron chi connectivity index (χ3n) is 4.86. The average Bonchev–Trinajstić information content (AvgIpc) is 2.24. The fourth-order valence-electron chi connectivity index (χ4n) is 3.61. The summed E-state index contributed by atoms with van der Waals surface area (Å²) < 4.78 is 0. The first-order valence-electron chi connectivity index (χ1n) is 7.08. The van der Waals surface area contributed by atoms with Crippen LogP contribution in [-0.2, 0) is 0 Å². The smallest absolute Gasteiger partial charge is 0.0308 e. The second-order valence-corrected chi connectivity index (χ2v) is 6.16. The quantitative estimate of drug-likeness (QED) is 0.790. The van der Waals surface area contributed by atoms with E-state index in [1.165, 1.54) is 51.6 Å². The molecule has 16 heavy (non-hydrogen) atoms. The highest BCUT2D eigenvalue weighted by Gasteiger charge is 2.41. The highest BCUT2D eigenvalue weighted by atomic mass is 15.2. The number of nitrogens with one attached hydrogen (secondary N) is 1. The van der Waals surface area contributed by atoms with Gasteiger partial charge in [-0.15, -0.1) is 0 Å². The molecule has 0 aromatic rings. The minimum Gasteiger partial charge on any atom is -0.315 e. The molecule has 94 valence electrons. The summed E-state index contributed by atoms with van der Waals surface area (Å²) in [5, 5.41) is 3.60. The van der Waals surface area contributed by atoms with Crippen molar-refractivity contribution in [3.8, 4) is 0 Å². The first-order valence-corrected chi connectivity index (χ1v) is 7.08. The molecule has 1 atom stereocenters. The van der Waals surface area contributed by atoms with E-state index in [0.717, 1.165) is 5.92 Å². The second-order valence-electron chi connectivity index (χ2n) is 6.16. The van der Waals surface area contributed by atoms with E-state index in [4.69, 9.17) is 0 Å². The van der Waals surface area contributed by atoms with Crippen LogP contribution in [0.1, 0.15) is 52.4 Å². The van der Waals surface area contributed by atoms with Crippen molar-refractivity contribution in [1.29, 1.82) is 0 Å². The van der Waals surface area contributed by atoms with Gasteiger partial charge in [-0.1, -0.05) is 12.8 Å². The summed E-state index contributed by atoms with van der Waals surface area (Å²) in [7, 11) is 2.15. The molecule has 2 fully saturated rings. The Morgan fingerprint density at radius 3 is 2.12 bits per heavy atom. The topological polar surface area (TPSA) is 15.3 Å². The molecule has 1 saturated heterocycles. The lowest BCUT2D eigenvalue weighted by atomic mass is 9.72. The van der Waals surface area contributed by atoms with Gasteiger partial charge in [0.2, 0.25) is 0 Å². The lowest BCUT2D eigenvalue weighted by molar-refractivity contribution is 0.0260. The van der Waals surface area contributed by atoms with Crippen molar-refractivity contribution >= 4 is 0 Å². The third kappa shape index (κ3) is 2.28. The van der Waals surface area contributed by atoms with Crippen molar-refractivity contribution in [2.24, 2.45) is 5.92 Å². The van der Waals surface area contributed by atoms with Crippen molar-refractivity contribution in [1.82, 2.24) is 10.2 Å². The number of hydrogen-bond donors (Lipinski definition) is 1. The molecule has 1 aliphatic heterocycles. The molecule has 1 heterocycles. The second kappa shape index (κ2) is 5.05. The highest BCUT2D eigenvalue weighted by molar-refractivity contribution is 4.99. The van der Waals surface area contributed by atoms with Crippen LogP contribution in [-0.4, -0.2) is 36.6 Å². The molecule has 0 spiro atoms. The molecule has 2 heteroatoms. The van der Waals surface area contributed by atoms with Crippen LogP contribution in [0, 0.1) is 5.92 Å². The molecular weight excluding hydrogens is 196 g/mol. The molecule has 0 aromatic carbocycles. The summed E-state index contributed by atoms with van der Waals surface area (Å²) >= 11 is 0. The van der Waals surface area contributed by atoms with Crippen LogP contribution >= 0.6 is 0 Å². The molecular formula is C14H28N2. The summed E-state index contributed by atoms with van der Waals surface area (Å²) in [6, 6.07) is 0.680. The first kappa shape index (κ1) is 12.4. The normalized spacial score (nSPS) is 26.4. The minimum atomic E-state index is 0.334. The molecule has 0 radical (unpaired) electrons. The van der Waals surface area contributed by atoms with Gasteiger partial charge in [0.25, 0.3) is 0 Å². The van der Waals surface area contributed by atoms with Gasteiger partial charge in [-0.3, -0.25) is 4.90 Å². The van der Waals surface area contributed by atoms with Gasteiger partial charge in [0.05, 0.1) is 0 Å². The molecule has 2 nitrogen and oxygen atoms in total. The lowest BCUT2D eigenvalue weighted by Gasteiger charge is -2.50. The Balaban J connectivity index is 2.01. The van der Waals surface area contributed by atoms with E-state index in [2.05, 4.69) is 31.1 Å². The standard InChI is InChI=1S/C14H28N2/c1-14(2,16-10-5-4-6-11-16)13(15-3)12-8-7-9-12/h12-13,15H,4-11H2,1-3H3. The van der Waals surface area contributed by atoms with Gasteiger partial charge in [0, 0.05) is 11.6 Å². The summed E-state index contributed by atoms with van der Waals surface area (Å²) in [6.45, 7) is 7.49. The van der Waals surface area contributed by atoms with Crippen LogP contribution in [0.15, 0.2) is 0 Å². The Hall–Kier alpha value is -0.0800. The van der Waals surface area contributed by atoms with E-state index < -0.39 is 0 Å². The number of rotatable bonds is 4. The Morgan fingerprint density at radius 1 is 1.06 bits per heavy atom. The van der Waals surface area contributed by atoms with Crippen LogP contribution in [0.25, 0.3) is 0 Å². The Labute approximate surface area is 101 Å². The Bertz CT molecular complexity index is 215. The summed E-state index contributed by atoms with van der Waals surface area (Å²) in [4.78, 5) is 2.72. The Morgan fingerprint density at radius 2 is 1.69 bits per heavy atom. The van der Waals surface area contributed by atoms with Crippen LogP contribution < -0.4 is 5.32 Å². The van der Waals surface area contributed by atoms with Gasteiger partial charge in [-0.2, -0.15) is 0 Å². The van der Waals surface area contributed by atoms with Crippen LogP contribution in [0.4, 0.5) is 0 Å². The Kier molecular flexibility index (Phi) is 3.91. The molecule has 0 amide bonds. The SMILES string of the molecule is CNC(C1CCC1)C(C)(C)N1CCCCC1. The number of hydrogen-bond acceptors (Lipinski definition) is 2. The van der Waals surface area contributed by atoms with Crippen molar-refractivity contribution in [3.63, 3.8) is 0 Å². The van der Waals surface area contributed by atoms with E-state index >= 15 is 0 Å². The van der Waals surface area contributed by atoms with E-state index in [9.17, 15) is 0 Å². The third-order valence-corrected chi connectivity index (χ3v) is 4.86. The lowest BCUT2D eigenvalue weighted by Crippen LogP contribution is -2.61. The molecule has 1 unspecified atom stereocenters. The number of piperidine rings is 1. The number of likely N-dealkylation sites (N-methyl/N-ethyl adjacent to an activating group) is 1. The molecule has 0 bridgehead atoms. The zero-order valence-electron chi connectivity index (χ0n) is 11.3. The predicted molar refractivity (Wildman–Crippen MR) is 69.7 cm³/mol. The van der Waals surface area contributed by atoms with E-state index in [-0.39, 0.29) is 0 Å². The minimum absolute atomic E-state index is 0.334. The summed E-state index contributed by atoms with van der Waals surface area (Å²) in [6.07, 6.45) is 8.53. The average molecular weight is 224 g/mol. The van der Waals surface area contributed by atoms with Gasteiger partial charge in [-0.25, -0.2) is 0 Å². The van der Waals surface area contributed by atoms with Crippen molar-refractivity contribution < 1.29 is 0 Å². The van der Waals surface area contributed by atoms with Gasteiger partial charge in [-0.05, 0) is 65.6 Å². The van der Waals surface area contributed by atoms with Crippen molar-refractivity contribution in [3.05, 3.63) is 0 Å². The molecule has 1 N–H and O–H groups in total. The van der Waals surface area contributed by atoms with Gasteiger partial charge in [0.15, 0.2) is 0 Å². The maximum Gasteiger partial charge on any atom is 0.0308 e. The molecule has 0 aromatic heterocycles. The van der Waals surface area contributed by atoms with Gasteiger partial charge in [0.1, 0.15) is 0 Å². The van der Waals surface area contributed by atoms with Gasteiger partial charge >= 0.3 is 0 Å². The monoisotopic (exact) mass is 224 g/mol. The highest BCUT2D eigenvalue weighted by Crippen LogP contribution is 2.37. The van der Waals surface area contributed by atoms with Crippen LogP contribution in [0.2, 0.25) is 0 Å².